The van der Waals surface area contributed by atoms with Crippen LogP contribution in [0.1, 0.15) is 39.0 Å². The van der Waals surface area contributed by atoms with Gasteiger partial charge < -0.3 is 10.2 Å². The van der Waals surface area contributed by atoms with Gasteiger partial charge in [-0.2, -0.15) is 0 Å². The Morgan fingerprint density at radius 2 is 2.33 bits per heavy atom. The van der Waals surface area contributed by atoms with Crippen LogP contribution in [0.2, 0.25) is 5.02 Å². The molecule has 120 valence electrons. The lowest BCUT2D eigenvalue weighted by molar-refractivity contribution is 0.0456. The smallest absolute Gasteiger partial charge is 0.272 e. The third-order valence-electron chi connectivity index (χ3n) is 4.43. The Morgan fingerprint density at radius 1 is 1.50 bits per heavy atom. The molecule has 0 saturated carbocycles. The number of imidazole rings is 1. The summed E-state index contributed by atoms with van der Waals surface area (Å²) < 4.78 is 1.79. The molecule has 1 aromatic carbocycles. The predicted octanol–water partition coefficient (Wildman–Crippen LogP) is 1.79. The molecule has 2 amide bonds. The predicted molar refractivity (Wildman–Crippen MR) is 88.1 cm³/mol. The van der Waals surface area contributed by atoms with Crippen LogP contribution in [-0.4, -0.2) is 39.4 Å². The third-order valence-corrected chi connectivity index (χ3v) is 4.75. The van der Waals surface area contributed by atoms with Gasteiger partial charge in [0.05, 0.1) is 34.6 Å². The monoisotopic (exact) mass is 340 g/mol. The van der Waals surface area contributed by atoms with E-state index in [0.29, 0.717) is 34.2 Å². The molecule has 6 nitrogen and oxygen atoms in total. The number of carbonyl (C=O) groups is 2. The topological polar surface area (TPSA) is 67.2 Å². The summed E-state index contributed by atoms with van der Waals surface area (Å²) in [6.07, 6.45) is 7.53. The number of fused-ring (bicyclic) bond motifs is 5. The zero-order chi connectivity index (χ0) is 16.8. The number of carbonyl (C=O) groups excluding carboxylic acids is 2. The average Bonchev–Trinajstić information content (AvgIpc) is 2.92. The molecule has 24 heavy (non-hydrogen) atoms. The van der Waals surface area contributed by atoms with Crippen molar-refractivity contribution in [2.75, 3.05) is 13.1 Å². The highest BCUT2D eigenvalue weighted by Crippen LogP contribution is 2.42. The lowest BCUT2D eigenvalue weighted by atomic mass is 9.97. The van der Waals surface area contributed by atoms with Gasteiger partial charge in [-0.3, -0.25) is 14.2 Å². The summed E-state index contributed by atoms with van der Waals surface area (Å²) in [4.78, 5) is 31.2. The molecule has 0 spiro atoms. The molecule has 2 aromatic rings. The van der Waals surface area contributed by atoms with Gasteiger partial charge in [-0.1, -0.05) is 23.6 Å². The Labute approximate surface area is 143 Å². The second-order valence-corrected chi connectivity index (χ2v) is 6.08. The summed E-state index contributed by atoms with van der Waals surface area (Å²) in [7, 11) is 0. The Kier molecular flexibility index (Phi) is 3.32. The van der Waals surface area contributed by atoms with E-state index in [0.717, 1.165) is 6.42 Å². The van der Waals surface area contributed by atoms with Gasteiger partial charge in [0.1, 0.15) is 6.33 Å². The minimum Gasteiger partial charge on any atom is -0.340 e. The fourth-order valence-corrected chi connectivity index (χ4v) is 3.49. The minimum atomic E-state index is -0.341. The van der Waals surface area contributed by atoms with E-state index in [1.165, 1.54) is 0 Å². The van der Waals surface area contributed by atoms with Crippen LogP contribution in [-0.2, 0) is 0 Å². The SMILES string of the molecule is C#CCNC(=O)c1ncn2c1[C@@H]1CCN1C(=O)c1c(Cl)cccc1-2. The number of hydrogen-bond acceptors (Lipinski definition) is 3. The summed E-state index contributed by atoms with van der Waals surface area (Å²) in [6, 6.07) is 5.09. The van der Waals surface area contributed by atoms with E-state index in [9.17, 15) is 9.59 Å². The summed E-state index contributed by atoms with van der Waals surface area (Å²) in [5, 5.41) is 3.02. The number of rotatable bonds is 2. The van der Waals surface area contributed by atoms with Gasteiger partial charge in [-0.15, -0.1) is 6.42 Å². The van der Waals surface area contributed by atoms with Crippen molar-refractivity contribution in [2.45, 2.75) is 12.5 Å². The van der Waals surface area contributed by atoms with Crippen molar-refractivity contribution in [3.8, 4) is 18.0 Å². The molecule has 2 aliphatic heterocycles. The molecule has 1 saturated heterocycles. The number of aromatic nitrogens is 2. The zero-order valence-corrected chi connectivity index (χ0v) is 13.4. The Morgan fingerprint density at radius 3 is 3.04 bits per heavy atom. The normalized spacial score (nSPS) is 17.8. The number of benzene rings is 1. The maximum Gasteiger partial charge on any atom is 0.272 e. The number of hydrogen-bond donors (Lipinski definition) is 1. The second kappa shape index (κ2) is 5.39. The molecule has 1 atom stereocenters. The van der Waals surface area contributed by atoms with E-state index in [1.54, 1.807) is 34.0 Å². The molecule has 0 unspecified atom stereocenters. The second-order valence-electron chi connectivity index (χ2n) is 5.67. The number of terminal acetylenes is 1. The van der Waals surface area contributed by atoms with Crippen molar-refractivity contribution in [1.29, 1.82) is 0 Å². The summed E-state index contributed by atoms with van der Waals surface area (Å²) >= 11 is 6.27. The molecule has 1 N–H and O–H groups in total. The number of amides is 2. The van der Waals surface area contributed by atoms with Crippen LogP contribution < -0.4 is 5.32 Å². The van der Waals surface area contributed by atoms with Crippen molar-refractivity contribution >= 4 is 23.4 Å². The highest BCUT2D eigenvalue weighted by atomic mass is 35.5. The highest BCUT2D eigenvalue weighted by Gasteiger charge is 2.43. The van der Waals surface area contributed by atoms with E-state index < -0.39 is 0 Å². The van der Waals surface area contributed by atoms with Gasteiger partial charge in [0, 0.05) is 6.54 Å². The van der Waals surface area contributed by atoms with Gasteiger partial charge in [-0.25, -0.2) is 4.98 Å². The van der Waals surface area contributed by atoms with Crippen molar-refractivity contribution < 1.29 is 9.59 Å². The molecule has 4 rings (SSSR count). The maximum atomic E-state index is 12.8. The van der Waals surface area contributed by atoms with Gasteiger partial charge in [0.25, 0.3) is 11.8 Å². The lowest BCUT2D eigenvalue weighted by Crippen LogP contribution is -2.45. The molecule has 7 heteroatoms. The van der Waals surface area contributed by atoms with E-state index in [1.807, 2.05) is 0 Å². The van der Waals surface area contributed by atoms with Crippen LogP contribution in [0, 0.1) is 12.3 Å². The quantitative estimate of drug-likeness (QED) is 0.848. The lowest BCUT2D eigenvalue weighted by Gasteiger charge is -2.39. The van der Waals surface area contributed by atoms with E-state index in [2.05, 4.69) is 16.2 Å². The Hall–Kier alpha value is -2.78. The first-order chi connectivity index (χ1) is 11.6. The van der Waals surface area contributed by atoms with Crippen molar-refractivity contribution in [3.63, 3.8) is 0 Å². The van der Waals surface area contributed by atoms with E-state index >= 15 is 0 Å². The van der Waals surface area contributed by atoms with Gasteiger partial charge >= 0.3 is 0 Å². The first-order valence-corrected chi connectivity index (χ1v) is 7.90. The fourth-order valence-electron chi connectivity index (χ4n) is 3.24. The highest BCUT2D eigenvalue weighted by molar-refractivity contribution is 6.34. The molecular weight excluding hydrogens is 328 g/mol. The summed E-state index contributed by atoms with van der Waals surface area (Å²) in [5.74, 6) is 1.91. The Balaban J connectivity index is 1.91. The molecule has 1 aromatic heterocycles. The van der Waals surface area contributed by atoms with Crippen LogP contribution in [0.5, 0.6) is 0 Å². The van der Waals surface area contributed by atoms with E-state index in [4.69, 9.17) is 18.0 Å². The van der Waals surface area contributed by atoms with Crippen LogP contribution >= 0.6 is 11.6 Å². The summed E-state index contributed by atoms with van der Waals surface area (Å²) in [5.41, 5.74) is 2.07. The van der Waals surface area contributed by atoms with E-state index in [-0.39, 0.29) is 24.4 Å². The van der Waals surface area contributed by atoms with Gasteiger partial charge in [0.2, 0.25) is 0 Å². The zero-order valence-electron chi connectivity index (χ0n) is 12.6. The van der Waals surface area contributed by atoms with Crippen molar-refractivity contribution in [1.82, 2.24) is 19.8 Å². The average molecular weight is 341 g/mol. The molecule has 0 radical (unpaired) electrons. The number of nitrogens with one attached hydrogen (secondary N) is 1. The van der Waals surface area contributed by atoms with Crippen LogP contribution in [0.3, 0.4) is 0 Å². The van der Waals surface area contributed by atoms with Gasteiger partial charge in [-0.05, 0) is 18.6 Å². The van der Waals surface area contributed by atoms with Crippen LogP contribution in [0.4, 0.5) is 0 Å². The molecule has 2 aliphatic rings. The third kappa shape index (κ3) is 1.95. The molecule has 0 aliphatic carbocycles. The van der Waals surface area contributed by atoms with Crippen LogP contribution in [0.15, 0.2) is 24.5 Å². The number of halogens is 1. The first kappa shape index (κ1) is 14.8. The first-order valence-electron chi connectivity index (χ1n) is 7.52. The van der Waals surface area contributed by atoms with Gasteiger partial charge in [0.15, 0.2) is 5.69 Å². The molecule has 1 fully saturated rings. The number of nitrogens with zero attached hydrogens (tertiary/aromatic N) is 3. The maximum absolute atomic E-state index is 12.8. The van der Waals surface area contributed by atoms with Crippen LogP contribution in [0.25, 0.3) is 5.69 Å². The largest absolute Gasteiger partial charge is 0.340 e. The summed E-state index contributed by atoms with van der Waals surface area (Å²) in [6.45, 7) is 0.756. The van der Waals surface area contributed by atoms with Crippen molar-refractivity contribution in [2.24, 2.45) is 0 Å². The molecule has 3 heterocycles. The fraction of sp³-hybridized carbons (Fsp3) is 0.235. The minimum absolute atomic E-state index is 0.120. The molecule has 0 bridgehead atoms. The Bertz CT molecular complexity index is 912. The van der Waals surface area contributed by atoms with Crippen molar-refractivity contribution in [3.05, 3.63) is 46.5 Å². The standard InChI is InChI=1S/C17H13ClN4O2/c1-2-7-19-16(23)14-15-12-6-8-21(12)17(24)13-10(18)4-3-5-11(13)22(15)9-20-14/h1,3-5,9,12H,6-8H2,(H,19,23)/t12-/m0/s1. The molecular formula is C17H13ClN4O2.